The predicted octanol–water partition coefficient (Wildman–Crippen LogP) is 1.96. The average Bonchev–Trinajstić information content (AvgIpc) is 2.77. The quantitative estimate of drug-likeness (QED) is 0.830. The molecule has 1 N–H and O–H groups in total. The van der Waals surface area contributed by atoms with Crippen LogP contribution in [0, 0.1) is 11.3 Å². The van der Waals surface area contributed by atoms with Gasteiger partial charge >= 0.3 is 12.1 Å². The first-order chi connectivity index (χ1) is 10.9. The van der Waals surface area contributed by atoms with Gasteiger partial charge in [0.25, 0.3) is 0 Å². The number of carboxylic acids is 1. The highest BCUT2D eigenvalue weighted by Gasteiger charge is 2.46. The molecule has 0 bridgehead atoms. The van der Waals surface area contributed by atoms with Crippen molar-refractivity contribution >= 4 is 18.0 Å². The summed E-state index contributed by atoms with van der Waals surface area (Å²) in [5.41, 5.74) is -0.865. The molecule has 0 aromatic rings. The highest BCUT2D eigenvalue weighted by Crippen LogP contribution is 2.36. The molecule has 2 rings (SSSR count). The summed E-state index contributed by atoms with van der Waals surface area (Å²) in [5, 5.41) is 9.15. The summed E-state index contributed by atoms with van der Waals surface area (Å²) in [6.45, 7) is 10.8. The van der Waals surface area contributed by atoms with E-state index in [2.05, 4.69) is 0 Å². The molecule has 0 spiro atoms. The van der Waals surface area contributed by atoms with E-state index in [0.29, 0.717) is 19.5 Å². The van der Waals surface area contributed by atoms with Crippen LogP contribution in [0.5, 0.6) is 0 Å². The maximum absolute atomic E-state index is 12.3. The van der Waals surface area contributed by atoms with Crippen LogP contribution in [0.25, 0.3) is 0 Å². The molecule has 0 aliphatic carbocycles. The fourth-order valence-corrected chi connectivity index (χ4v) is 3.60. The summed E-state index contributed by atoms with van der Waals surface area (Å²) in [7, 11) is 0. The Kier molecular flexibility index (Phi) is 4.84. The van der Waals surface area contributed by atoms with Gasteiger partial charge < -0.3 is 19.6 Å². The van der Waals surface area contributed by atoms with E-state index in [1.165, 1.54) is 0 Å². The first kappa shape index (κ1) is 18.5. The summed E-state index contributed by atoms with van der Waals surface area (Å²) < 4.78 is 5.43. The summed E-state index contributed by atoms with van der Waals surface area (Å²) >= 11 is 0. The summed E-state index contributed by atoms with van der Waals surface area (Å²) in [5.74, 6) is -1.65. The Bertz CT molecular complexity index is 538. The number of ether oxygens (including phenoxy) is 1. The van der Waals surface area contributed by atoms with Crippen molar-refractivity contribution in [1.82, 2.24) is 9.80 Å². The van der Waals surface area contributed by atoms with Crippen molar-refractivity contribution in [3.05, 3.63) is 0 Å². The van der Waals surface area contributed by atoms with Crippen LogP contribution >= 0.6 is 0 Å². The van der Waals surface area contributed by atoms with Gasteiger partial charge in [-0.15, -0.1) is 0 Å². The van der Waals surface area contributed by atoms with Gasteiger partial charge in [-0.05, 0) is 27.2 Å². The van der Waals surface area contributed by atoms with Crippen molar-refractivity contribution in [3.8, 4) is 0 Å². The Morgan fingerprint density at radius 1 is 1.29 bits per heavy atom. The van der Waals surface area contributed by atoms with Crippen molar-refractivity contribution in [2.75, 3.05) is 19.6 Å². The Hall–Kier alpha value is -1.79. The maximum Gasteiger partial charge on any atom is 0.410 e. The molecule has 2 heterocycles. The van der Waals surface area contributed by atoms with Gasteiger partial charge in [0.2, 0.25) is 5.91 Å². The van der Waals surface area contributed by atoms with Crippen molar-refractivity contribution in [1.29, 1.82) is 0 Å². The Balaban J connectivity index is 2.05. The van der Waals surface area contributed by atoms with E-state index in [9.17, 15) is 14.4 Å². The molecule has 2 saturated heterocycles. The summed E-state index contributed by atoms with van der Waals surface area (Å²) in [4.78, 5) is 39.1. The summed E-state index contributed by atoms with van der Waals surface area (Å²) in [6, 6.07) is -0.0620. The van der Waals surface area contributed by atoms with Crippen LogP contribution in [0.2, 0.25) is 0 Å². The molecule has 2 unspecified atom stereocenters. The lowest BCUT2D eigenvalue weighted by molar-refractivity contribution is -0.141. The molecule has 2 fully saturated rings. The minimum atomic E-state index is -0.921. The molecule has 7 nitrogen and oxygen atoms in total. The molecular formula is C17H28N2O5. The lowest BCUT2D eigenvalue weighted by atomic mass is 9.78. The van der Waals surface area contributed by atoms with E-state index in [1.807, 2.05) is 34.6 Å². The number of nitrogens with zero attached hydrogens (tertiary/aromatic N) is 2. The number of aliphatic carboxylic acids is 1. The highest BCUT2D eigenvalue weighted by atomic mass is 16.6. The number of carbonyl (C=O) groups excluding carboxylic acids is 2. The molecule has 2 aliphatic rings. The van der Waals surface area contributed by atoms with Gasteiger partial charge in [-0.3, -0.25) is 9.59 Å². The monoisotopic (exact) mass is 340 g/mol. The predicted molar refractivity (Wildman–Crippen MR) is 87.4 cm³/mol. The number of piperidine rings is 1. The third-order valence-corrected chi connectivity index (χ3v) is 4.71. The van der Waals surface area contributed by atoms with Gasteiger partial charge in [0.1, 0.15) is 5.60 Å². The zero-order valence-corrected chi connectivity index (χ0v) is 15.2. The second-order valence-corrected chi connectivity index (χ2v) is 8.48. The molecule has 0 aromatic carbocycles. The van der Waals surface area contributed by atoms with E-state index in [1.54, 1.807) is 9.80 Å². The van der Waals surface area contributed by atoms with Crippen molar-refractivity contribution in [3.63, 3.8) is 0 Å². The third kappa shape index (κ3) is 3.99. The van der Waals surface area contributed by atoms with Crippen molar-refractivity contribution in [2.24, 2.45) is 11.3 Å². The van der Waals surface area contributed by atoms with Crippen LogP contribution in [0.3, 0.4) is 0 Å². The maximum atomic E-state index is 12.3. The van der Waals surface area contributed by atoms with Gasteiger partial charge in [-0.25, -0.2) is 4.79 Å². The second kappa shape index (κ2) is 6.26. The first-order valence-electron chi connectivity index (χ1n) is 8.41. The molecular weight excluding hydrogens is 312 g/mol. The van der Waals surface area contributed by atoms with Gasteiger partial charge in [0.05, 0.1) is 5.92 Å². The van der Waals surface area contributed by atoms with Crippen LogP contribution in [0.1, 0.15) is 47.5 Å². The zero-order valence-electron chi connectivity index (χ0n) is 15.2. The van der Waals surface area contributed by atoms with Crippen LogP contribution in [0.4, 0.5) is 4.79 Å². The lowest BCUT2D eigenvalue weighted by Gasteiger charge is -2.47. The zero-order chi connectivity index (χ0) is 18.3. The normalized spacial score (nSPS) is 27.3. The van der Waals surface area contributed by atoms with Crippen molar-refractivity contribution in [2.45, 2.75) is 59.1 Å². The number of carboxylic acid groups (broad SMARTS) is 1. The molecule has 2 aliphatic heterocycles. The van der Waals surface area contributed by atoms with E-state index < -0.39 is 17.5 Å². The minimum Gasteiger partial charge on any atom is -0.481 e. The molecule has 0 saturated carbocycles. The van der Waals surface area contributed by atoms with Crippen LogP contribution in [-0.2, 0) is 14.3 Å². The number of likely N-dealkylation sites (tertiary alicyclic amines) is 2. The number of amides is 2. The first-order valence-corrected chi connectivity index (χ1v) is 8.41. The van der Waals surface area contributed by atoms with E-state index in [4.69, 9.17) is 9.84 Å². The van der Waals surface area contributed by atoms with Crippen molar-refractivity contribution < 1.29 is 24.2 Å². The smallest absolute Gasteiger partial charge is 0.410 e. The van der Waals surface area contributed by atoms with E-state index >= 15 is 0 Å². The van der Waals surface area contributed by atoms with Gasteiger partial charge in [-0.1, -0.05) is 13.8 Å². The standard InChI is InChI=1S/C17H28N2O5/c1-16(2,3)24-15(23)18-7-6-12(17(4,5)10-18)19-9-11(14(21)22)8-13(19)20/h11-12H,6-10H2,1-5H3,(H,21,22). The number of hydrogen-bond donors (Lipinski definition) is 1. The van der Waals surface area contributed by atoms with Gasteiger partial charge in [0.15, 0.2) is 0 Å². The largest absolute Gasteiger partial charge is 0.481 e. The van der Waals surface area contributed by atoms with E-state index in [0.717, 1.165) is 0 Å². The van der Waals surface area contributed by atoms with Crippen LogP contribution < -0.4 is 0 Å². The molecule has 7 heteroatoms. The number of carbonyl (C=O) groups is 3. The molecule has 2 atom stereocenters. The van der Waals surface area contributed by atoms with E-state index in [-0.39, 0.29) is 36.4 Å². The molecule has 24 heavy (non-hydrogen) atoms. The SMILES string of the molecule is CC(C)(C)OC(=O)N1CCC(N2CC(C(=O)O)CC2=O)C(C)(C)C1. The summed E-state index contributed by atoms with van der Waals surface area (Å²) in [6.07, 6.45) is 0.354. The Morgan fingerprint density at radius 2 is 1.92 bits per heavy atom. The Morgan fingerprint density at radius 3 is 2.38 bits per heavy atom. The molecule has 2 amide bonds. The van der Waals surface area contributed by atoms with Gasteiger partial charge in [-0.2, -0.15) is 0 Å². The number of hydrogen-bond acceptors (Lipinski definition) is 4. The average molecular weight is 340 g/mol. The molecule has 136 valence electrons. The fourth-order valence-electron chi connectivity index (χ4n) is 3.60. The van der Waals surface area contributed by atoms with Crippen LogP contribution in [0.15, 0.2) is 0 Å². The fraction of sp³-hybridized carbons (Fsp3) is 0.824. The Labute approximate surface area is 142 Å². The third-order valence-electron chi connectivity index (χ3n) is 4.71. The molecule has 0 aromatic heterocycles. The second-order valence-electron chi connectivity index (χ2n) is 8.48. The molecule has 0 radical (unpaired) electrons. The lowest BCUT2D eigenvalue weighted by Crippen LogP contribution is -2.57. The minimum absolute atomic E-state index is 0.0620. The van der Waals surface area contributed by atoms with Crippen LogP contribution in [-0.4, -0.2) is 64.2 Å². The van der Waals surface area contributed by atoms with Gasteiger partial charge in [0, 0.05) is 37.5 Å². The number of rotatable bonds is 2. The highest BCUT2D eigenvalue weighted by molar-refractivity contribution is 5.86. The topological polar surface area (TPSA) is 87.2 Å².